The number of amides is 1. The van der Waals surface area contributed by atoms with Gasteiger partial charge in [-0.3, -0.25) is 4.79 Å². The number of anilines is 1. The maximum atomic E-state index is 11.9. The van der Waals surface area contributed by atoms with E-state index in [2.05, 4.69) is 5.32 Å². The number of benzene rings is 1. The Morgan fingerprint density at radius 2 is 1.67 bits per heavy atom. The van der Waals surface area contributed by atoms with Crippen molar-refractivity contribution in [3.05, 3.63) is 29.8 Å². The quantitative estimate of drug-likeness (QED) is 0.836. The van der Waals surface area contributed by atoms with Crippen molar-refractivity contribution in [2.45, 2.75) is 46.3 Å². The zero-order chi connectivity index (χ0) is 16.2. The fourth-order valence-corrected chi connectivity index (χ4v) is 1.56. The van der Waals surface area contributed by atoms with Crippen LogP contribution >= 0.6 is 0 Å². The van der Waals surface area contributed by atoms with Crippen LogP contribution in [0.3, 0.4) is 0 Å². The van der Waals surface area contributed by atoms with E-state index in [1.54, 1.807) is 24.3 Å². The highest BCUT2D eigenvalue weighted by Gasteiger charge is 2.19. The van der Waals surface area contributed by atoms with Gasteiger partial charge in [0.1, 0.15) is 5.60 Å². The van der Waals surface area contributed by atoms with Crippen molar-refractivity contribution in [1.82, 2.24) is 0 Å². The van der Waals surface area contributed by atoms with Gasteiger partial charge in [-0.2, -0.15) is 0 Å². The van der Waals surface area contributed by atoms with E-state index in [9.17, 15) is 9.59 Å². The second kappa shape index (κ2) is 6.72. The van der Waals surface area contributed by atoms with E-state index < -0.39 is 11.6 Å². The molecule has 0 aliphatic carbocycles. The average Bonchev–Trinajstić information content (AvgIpc) is 2.36. The average molecular weight is 292 g/mol. The minimum atomic E-state index is -0.560. The predicted octanol–water partition coefficient (Wildman–Crippen LogP) is 2.56. The Hall–Kier alpha value is -1.88. The van der Waals surface area contributed by atoms with Crippen LogP contribution in [0.15, 0.2) is 24.3 Å². The third-order valence-corrected chi connectivity index (χ3v) is 2.81. The lowest BCUT2D eigenvalue weighted by atomic mass is 10.0. The first-order valence-corrected chi connectivity index (χ1v) is 7.00. The van der Waals surface area contributed by atoms with Gasteiger partial charge in [0.15, 0.2) is 0 Å². The number of nitrogens with two attached hydrogens (primary N) is 1. The third-order valence-electron chi connectivity index (χ3n) is 2.81. The molecule has 1 amide bonds. The molecule has 1 aromatic rings. The van der Waals surface area contributed by atoms with E-state index in [0.717, 1.165) is 0 Å². The van der Waals surface area contributed by atoms with E-state index in [4.69, 9.17) is 10.5 Å². The molecule has 3 N–H and O–H groups in total. The van der Waals surface area contributed by atoms with Gasteiger partial charge in [0.2, 0.25) is 5.91 Å². The summed E-state index contributed by atoms with van der Waals surface area (Å²) in [5.41, 5.74) is 6.28. The molecule has 0 aliphatic rings. The van der Waals surface area contributed by atoms with E-state index in [1.165, 1.54) is 0 Å². The van der Waals surface area contributed by atoms with Crippen LogP contribution in [0.2, 0.25) is 0 Å². The number of ether oxygens (including phenoxy) is 1. The van der Waals surface area contributed by atoms with Crippen molar-refractivity contribution >= 4 is 17.6 Å². The van der Waals surface area contributed by atoms with Crippen LogP contribution in [0.5, 0.6) is 0 Å². The van der Waals surface area contributed by atoms with Gasteiger partial charge >= 0.3 is 5.97 Å². The Labute approximate surface area is 125 Å². The molecule has 0 radical (unpaired) electrons. The number of esters is 1. The van der Waals surface area contributed by atoms with Crippen molar-refractivity contribution in [2.24, 2.45) is 11.7 Å². The Morgan fingerprint density at radius 1 is 1.14 bits per heavy atom. The second-order valence-electron chi connectivity index (χ2n) is 6.34. The van der Waals surface area contributed by atoms with Gasteiger partial charge in [-0.25, -0.2) is 4.79 Å². The van der Waals surface area contributed by atoms with E-state index in [1.807, 2.05) is 34.6 Å². The highest BCUT2D eigenvalue weighted by atomic mass is 16.6. The van der Waals surface area contributed by atoms with Crippen molar-refractivity contribution in [1.29, 1.82) is 0 Å². The zero-order valence-corrected chi connectivity index (χ0v) is 13.3. The SMILES string of the molecule is CC(C)C(N)C(=O)Nc1ccc(C(=O)OC(C)(C)C)cc1. The minimum absolute atomic E-state index is 0.0611. The Balaban J connectivity index is 2.70. The Kier molecular flexibility index (Phi) is 5.49. The lowest BCUT2D eigenvalue weighted by Gasteiger charge is -2.19. The van der Waals surface area contributed by atoms with Gasteiger partial charge < -0.3 is 15.8 Å². The largest absolute Gasteiger partial charge is 0.456 e. The summed E-state index contributed by atoms with van der Waals surface area (Å²) in [6.07, 6.45) is 0. The van der Waals surface area contributed by atoms with Crippen molar-refractivity contribution in [3.8, 4) is 0 Å². The molecule has 1 atom stereocenters. The standard InChI is InChI=1S/C16H24N2O3/c1-10(2)13(17)14(19)18-12-8-6-11(7-9-12)15(20)21-16(3,4)5/h6-10,13H,17H2,1-5H3,(H,18,19). The number of nitrogens with one attached hydrogen (secondary N) is 1. The van der Waals surface area contributed by atoms with Crippen molar-refractivity contribution < 1.29 is 14.3 Å². The molecule has 1 unspecified atom stereocenters. The molecule has 116 valence electrons. The van der Waals surface area contributed by atoms with Gasteiger partial charge in [0.25, 0.3) is 0 Å². The van der Waals surface area contributed by atoms with Gasteiger partial charge in [-0.05, 0) is 51.0 Å². The van der Waals surface area contributed by atoms with Crippen LogP contribution in [0.4, 0.5) is 5.69 Å². The number of hydrogen-bond donors (Lipinski definition) is 2. The summed E-state index contributed by atoms with van der Waals surface area (Å²) in [6.45, 7) is 9.21. The molecule has 0 saturated carbocycles. The fraction of sp³-hybridized carbons (Fsp3) is 0.500. The molecule has 1 rings (SSSR count). The first-order chi connectivity index (χ1) is 9.60. The normalized spacial score (nSPS) is 12.9. The molecule has 21 heavy (non-hydrogen) atoms. The molecule has 5 heteroatoms. The molecule has 0 aliphatic heterocycles. The summed E-state index contributed by atoms with van der Waals surface area (Å²) < 4.78 is 5.27. The lowest BCUT2D eigenvalue weighted by molar-refractivity contribution is -0.118. The van der Waals surface area contributed by atoms with E-state index in [0.29, 0.717) is 11.3 Å². The van der Waals surface area contributed by atoms with Crippen molar-refractivity contribution in [3.63, 3.8) is 0 Å². The van der Waals surface area contributed by atoms with Gasteiger partial charge in [-0.15, -0.1) is 0 Å². The minimum Gasteiger partial charge on any atom is -0.456 e. The molecule has 1 aromatic carbocycles. The zero-order valence-electron chi connectivity index (χ0n) is 13.3. The summed E-state index contributed by atoms with van der Waals surface area (Å²) in [5, 5.41) is 2.72. The Morgan fingerprint density at radius 3 is 2.10 bits per heavy atom. The molecule has 0 aromatic heterocycles. The van der Waals surface area contributed by atoms with Crippen molar-refractivity contribution in [2.75, 3.05) is 5.32 Å². The van der Waals surface area contributed by atoms with Crippen LogP contribution in [0.25, 0.3) is 0 Å². The first kappa shape index (κ1) is 17.2. The predicted molar refractivity (Wildman–Crippen MR) is 83.1 cm³/mol. The second-order valence-corrected chi connectivity index (χ2v) is 6.34. The number of hydrogen-bond acceptors (Lipinski definition) is 4. The van der Waals surface area contributed by atoms with Crippen LogP contribution in [0, 0.1) is 5.92 Å². The lowest BCUT2D eigenvalue weighted by Crippen LogP contribution is -2.39. The molecular weight excluding hydrogens is 268 g/mol. The summed E-state index contributed by atoms with van der Waals surface area (Å²) in [4.78, 5) is 23.7. The molecule has 0 bridgehead atoms. The summed E-state index contributed by atoms with van der Waals surface area (Å²) in [6, 6.07) is 5.99. The summed E-state index contributed by atoms with van der Waals surface area (Å²) in [5.74, 6) is -0.569. The van der Waals surface area contributed by atoms with Crippen LogP contribution in [-0.2, 0) is 9.53 Å². The first-order valence-electron chi connectivity index (χ1n) is 7.00. The van der Waals surface area contributed by atoms with E-state index in [-0.39, 0.29) is 17.8 Å². The van der Waals surface area contributed by atoms with Gasteiger partial charge in [0, 0.05) is 5.69 Å². The monoisotopic (exact) mass is 292 g/mol. The molecule has 0 heterocycles. The molecule has 0 fully saturated rings. The topological polar surface area (TPSA) is 81.4 Å². The van der Waals surface area contributed by atoms with Crippen LogP contribution < -0.4 is 11.1 Å². The van der Waals surface area contributed by atoms with Gasteiger partial charge in [0.05, 0.1) is 11.6 Å². The van der Waals surface area contributed by atoms with Crippen LogP contribution in [-0.4, -0.2) is 23.5 Å². The summed E-state index contributed by atoms with van der Waals surface area (Å²) in [7, 11) is 0. The smallest absolute Gasteiger partial charge is 0.338 e. The highest BCUT2D eigenvalue weighted by molar-refractivity contribution is 5.95. The Bertz CT molecular complexity index is 501. The molecule has 0 saturated heterocycles. The summed E-state index contributed by atoms with van der Waals surface area (Å²) >= 11 is 0. The fourth-order valence-electron chi connectivity index (χ4n) is 1.56. The molecular formula is C16H24N2O3. The molecule has 5 nitrogen and oxygen atoms in total. The van der Waals surface area contributed by atoms with E-state index >= 15 is 0 Å². The molecule has 0 spiro atoms. The number of carbonyl (C=O) groups excluding carboxylic acids is 2. The maximum absolute atomic E-state index is 11.9. The van der Waals surface area contributed by atoms with Crippen LogP contribution in [0.1, 0.15) is 45.0 Å². The highest BCUT2D eigenvalue weighted by Crippen LogP contribution is 2.15. The van der Waals surface area contributed by atoms with Gasteiger partial charge in [-0.1, -0.05) is 13.8 Å². The maximum Gasteiger partial charge on any atom is 0.338 e. The third kappa shape index (κ3) is 5.55. The number of rotatable bonds is 4. The number of carbonyl (C=O) groups is 2.